The van der Waals surface area contributed by atoms with Gasteiger partial charge in [0.15, 0.2) is 11.6 Å². The molecule has 0 heterocycles. The van der Waals surface area contributed by atoms with Crippen LogP contribution in [0.4, 0.5) is 22.0 Å². The van der Waals surface area contributed by atoms with Gasteiger partial charge in [0.1, 0.15) is 17.3 Å². The van der Waals surface area contributed by atoms with Crippen molar-refractivity contribution < 1.29 is 31.4 Å². The van der Waals surface area contributed by atoms with Crippen LogP contribution in [-0.2, 0) is 6.42 Å². The largest absolute Gasteiger partial charge is 0.573 e. The van der Waals surface area contributed by atoms with Crippen molar-refractivity contribution in [3.8, 4) is 17.2 Å². The monoisotopic (exact) mass is 510 g/mol. The molecule has 0 unspecified atom stereocenters. The summed E-state index contributed by atoms with van der Waals surface area (Å²) in [5.74, 6) is 1.25. The molecule has 0 N–H and O–H groups in total. The van der Waals surface area contributed by atoms with Crippen LogP contribution in [-0.4, -0.2) is 6.36 Å². The van der Waals surface area contributed by atoms with Crippen LogP contribution < -0.4 is 9.47 Å². The Morgan fingerprint density at radius 3 is 1.86 bits per heavy atom. The Labute approximate surface area is 210 Å². The zero-order chi connectivity index (χ0) is 25.7. The van der Waals surface area contributed by atoms with Crippen LogP contribution in [0.5, 0.6) is 17.2 Å². The lowest BCUT2D eigenvalue weighted by Gasteiger charge is -2.37. The summed E-state index contributed by atoms with van der Waals surface area (Å²) in [6.07, 6.45) is 7.63. The van der Waals surface area contributed by atoms with Crippen LogP contribution in [0.2, 0.25) is 0 Å². The number of hydrogen-bond donors (Lipinski definition) is 0. The summed E-state index contributed by atoms with van der Waals surface area (Å²) >= 11 is 0. The highest BCUT2D eigenvalue weighted by atomic mass is 19.4. The first-order valence-corrected chi connectivity index (χ1v) is 13.2. The average molecular weight is 511 g/mol. The van der Waals surface area contributed by atoms with Gasteiger partial charge in [-0.05, 0) is 98.6 Å². The van der Waals surface area contributed by atoms with Gasteiger partial charge in [0.25, 0.3) is 0 Å². The zero-order valence-electron chi connectivity index (χ0n) is 20.8. The van der Waals surface area contributed by atoms with Crippen LogP contribution >= 0.6 is 0 Å². The highest BCUT2D eigenvalue weighted by Crippen LogP contribution is 2.43. The van der Waals surface area contributed by atoms with E-state index in [1.807, 2.05) is 0 Å². The normalized spacial score (nSPS) is 24.9. The zero-order valence-corrected chi connectivity index (χ0v) is 20.8. The summed E-state index contributed by atoms with van der Waals surface area (Å²) in [7, 11) is 0. The Kier molecular flexibility index (Phi) is 8.78. The molecule has 0 radical (unpaired) electrons. The second-order valence-corrected chi connectivity index (χ2v) is 10.5. The van der Waals surface area contributed by atoms with E-state index in [1.165, 1.54) is 69.2 Å². The van der Waals surface area contributed by atoms with E-state index < -0.39 is 23.7 Å². The molecule has 2 aliphatic rings. The topological polar surface area (TPSA) is 18.5 Å². The predicted octanol–water partition coefficient (Wildman–Crippen LogP) is 9.61. The van der Waals surface area contributed by atoms with Crippen LogP contribution in [0.3, 0.4) is 0 Å². The van der Waals surface area contributed by atoms with Gasteiger partial charge in [-0.2, -0.15) is 0 Å². The first-order valence-electron chi connectivity index (χ1n) is 13.2. The minimum atomic E-state index is -4.80. The van der Waals surface area contributed by atoms with Crippen molar-refractivity contribution in [1.29, 1.82) is 0 Å². The fourth-order valence-electron chi connectivity index (χ4n) is 6.09. The lowest BCUT2D eigenvalue weighted by molar-refractivity contribution is -0.274. The van der Waals surface area contributed by atoms with Crippen molar-refractivity contribution in [2.24, 2.45) is 23.7 Å². The average Bonchev–Trinajstić information content (AvgIpc) is 2.86. The molecule has 0 saturated heterocycles. The van der Waals surface area contributed by atoms with Crippen molar-refractivity contribution in [2.75, 3.05) is 0 Å². The quantitative estimate of drug-likeness (QED) is 0.329. The molecule has 0 spiro atoms. The molecule has 36 heavy (non-hydrogen) atoms. The number of rotatable bonds is 8. The standard InChI is InChI=1S/C29H35F5O2/c1-2-19-3-8-21(9-4-19)22-10-5-20(6-11-22)7-16-25-26(30)17-18-27(28(25)31)35-23-12-14-24(15-13-23)36-29(32,33)34/h12-15,17-22H,2-11,16H2,1H3. The van der Waals surface area contributed by atoms with E-state index in [0.717, 1.165) is 49.1 Å². The van der Waals surface area contributed by atoms with Gasteiger partial charge in [0, 0.05) is 5.56 Å². The van der Waals surface area contributed by atoms with Gasteiger partial charge in [-0.1, -0.05) is 39.0 Å². The van der Waals surface area contributed by atoms with Gasteiger partial charge in [-0.15, -0.1) is 13.2 Å². The van der Waals surface area contributed by atoms with Gasteiger partial charge in [-0.25, -0.2) is 8.78 Å². The molecule has 0 amide bonds. The molecule has 2 aliphatic carbocycles. The smallest absolute Gasteiger partial charge is 0.454 e. The molecule has 4 rings (SSSR count). The highest BCUT2D eigenvalue weighted by Gasteiger charge is 2.32. The molecule has 2 aromatic carbocycles. The van der Waals surface area contributed by atoms with Crippen molar-refractivity contribution >= 4 is 0 Å². The summed E-state index contributed by atoms with van der Waals surface area (Å²) in [6.45, 7) is 2.29. The second kappa shape index (κ2) is 11.8. The van der Waals surface area contributed by atoms with E-state index in [-0.39, 0.29) is 17.1 Å². The lowest BCUT2D eigenvalue weighted by Crippen LogP contribution is -2.26. The molecule has 198 valence electrons. The molecule has 0 aromatic heterocycles. The predicted molar refractivity (Wildman–Crippen MR) is 129 cm³/mol. The molecule has 0 atom stereocenters. The van der Waals surface area contributed by atoms with Crippen LogP contribution in [0.25, 0.3) is 0 Å². The van der Waals surface area contributed by atoms with Crippen molar-refractivity contribution in [1.82, 2.24) is 0 Å². The van der Waals surface area contributed by atoms with E-state index in [4.69, 9.17) is 4.74 Å². The Bertz CT molecular complexity index is 972. The molecule has 0 bridgehead atoms. The molecule has 2 fully saturated rings. The summed E-state index contributed by atoms with van der Waals surface area (Å²) in [6, 6.07) is 7.03. The Hall–Kier alpha value is -2.31. The summed E-state index contributed by atoms with van der Waals surface area (Å²) < 4.78 is 75.9. The fourth-order valence-corrected chi connectivity index (χ4v) is 6.09. The van der Waals surface area contributed by atoms with Crippen LogP contribution in [0.15, 0.2) is 36.4 Å². The van der Waals surface area contributed by atoms with E-state index >= 15 is 4.39 Å². The van der Waals surface area contributed by atoms with Gasteiger partial charge >= 0.3 is 6.36 Å². The third kappa shape index (κ3) is 7.13. The summed E-state index contributed by atoms with van der Waals surface area (Å²) in [4.78, 5) is 0. The maximum Gasteiger partial charge on any atom is 0.573 e. The number of ether oxygens (including phenoxy) is 2. The van der Waals surface area contributed by atoms with Gasteiger partial charge in [0.2, 0.25) is 0 Å². The lowest BCUT2D eigenvalue weighted by atomic mass is 9.68. The van der Waals surface area contributed by atoms with E-state index in [9.17, 15) is 17.6 Å². The molecule has 2 saturated carbocycles. The number of halogens is 5. The van der Waals surface area contributed by atoms with Crippen molar-refractivity contribution in [2.45, 2.75) is 83.9 Å². The minimum absolute atomic E-state index is 0.00420. The van der Waals surface area contributed by atoms with Crippen molar-refractivity contribution in [3.05, 3.63) is 53.6 Å². The van der Waals surface area contributed by atoms with E-state index in [2.05, 4.69) is 11.7 Å². The number of alkyl halides is 3. The highest BCUT2D eigenvalue weighted by molar-refractivity contribution is 5.38. The van der Waals surface area contributed by atoms with Gasteiger partial charge in [-0.3, -0.25) is 0 Å². The summed E-state index contributed by atoms with van der Waals surface area (Å²) in [5.41, 5.74) is 0.00420. The maximum absolute atomic E-state index is 15.1. The molecule has 7 heteroatoms. The Morgan fingerprint density at radius 2 is 1.31 bits per heavy atom. The molecule has 2 nitrogen and oxygen atoms in total. The first-order chi connectivity index (χ1) is 17.2. The molecule has 2 aromatic rings. The Balaban J connectivity index is 1.30. The molecule has 0 aliphatic heterocycles. The van der Waals surface area contributed by atoms with E-state index in [0.29, 0.717) is 12.3 Å². The fraction of sp³-hybridized carbons (Fsp3) is 0.586. The molecular formula is C29H35F5O2. The minimum Gasteiger partial charge on any atom is -0.454 e. The molecular weight excluding hydrogens is 475 g/mol. The first kappa shape index (κ1) is 26.7. The summed E-state index contributed by atoms with van der Waals surface area (Å²) in [5, 5.41) is 0. The van der Waals surface area contributed by atoms with Crippen LogP contribution in [0.1, 0.15) is 76.7 Å². The second-order valence-electron chi connectivity index (χ2n) is 10.5. The third-order valence-corrected chi connectivity index (χ3v) is 8.27. The Morgan fingerprint density at radius 1 is 0.750 bits per heavy atom. The maximum atomic E-state index is 15.1. The van der Waals surface area contributed by atoms with Crippen molar-refractivity contribution in [3.63, 3.8) is 0 Å². The van der Waals surface area contributed by atoms with Gasteiger partial charge < -0.3 is 9.47 Å². The van der Waals surface area contributed by atoms with Crippen LogP contribution in [0, 0.1) is 35.3 Å². The SMILES string of the molecule is CCC1CCC(C2CCC(CCc3c(F)ccc(Oc4ccc(OC(F)(F)F)cc4)c3F)CC2)CC1. The number of hydrogen-bond acceptors (Lipinski definition) is 2. The number of benzene rings is 2. The van der Waals surface area contributed by atoms with E-state index in [1.54, 1.807) is 0 Å². The van der Waals surface area contributed by atoms with Gasteiger partial charge in [0.05, 0.1) is 0 Å². The third-order valence-electron chi connectivity index (χ3n) is 8.27.